The van der Waals surface area contributed by atoms with Gasteiger partial charge in [0, 0.05) is 5.69 Å². The van der Waals surface area contributed by atoms with Gasteiger partial charge in [0.15, 0.2) is 5.82 Å². The maximum Gasteiger partial charge on any atom is 0.261 e. The minimum absolute atomic E-state index is 0.240. The molecule has 0 aliphatic carbocycles. The second kappa shape index (κ2) is 3.71. The Bertz CT molecular complexity index is 483. The first-order chi connectivity index (χ1) is 7.84. The van der Waals surface area contributed by atoms with Gasteiger partial charge in [0.2, 0.25) is 0 Å². The van der Waals surface area contributed by atoms with E-state index in [1.807, 2.05) is 6.92 Å². The summed E-state index contributed by atoms with van der Waals surface area (Å²) in [5.41, 5.74) is 1.81. The molecule has 0 spiro atoms. The minimum atomic E-state index is 0.240. The standard InChI is InChI=1S/C10H13N5O/c1-6-7(5-12-14-6)10-13-9(15-16-10)8-3-2-4-11-8/h5,8,11H,2-4H2,1H3,(H,12,14). The molecule has 2 aromatic rings. The van der Waals surface area contributed by atoms with Gasteiger partial charge in [0.1, 0.15) is 0 Å². The van der Waals surface area contributed by atoms with Crippen LogP contribution < -0.4 is 5.32 Å². The van der Waals surface area contributed by atoms with Crippen LogP contribution in [0.25, 0.3) is 11.5 Å². The highest BCUT2D eigenvalue weighted by atomic mass is 16.5. The van der Waals surface area contributed by atoms with Gasteiger partial charge < -0.3 is 9.84 Å². The van der Waals surface area contributed by atoms with Crippen molar-refractivity contribution in [1.82, 2.24) is 25.7 Å². The number of rotatable bonds is 2. The zero-order valence-electron chi connectivity index (χ0n) is 9.03. The molecule has 0 radical (unpaired) electrons. The number of nitrogens with one attached hydrogen (secondary N) is 2. The average Bonchev–Trinajstić information content (AvgIpc) is 2.96. The number of nitrogens with zero attached hydrogens (tertiary/aromatic N) is 3. The zero-order chi connectivity index (χ0) is 11.0. The summed E-state index contributed by atoms with van der Waals surface area (Å²) in [7, 11) is 0. The van der Waals surface area contributed by atoms with Gasteiger partial charge >= 0.3 is 0 Å². The molecular weight excluding hydrogens is 206 g/mol. The first-order valence-electron chi connectivity index (χ1n) is 5.42. The molecule has 6 heteroatoms. The highest BCUT2D eigenvalue weighted by Crippen LogP contribution is 2.24. The van der Waals surface area contributed by atoms with E-state index in [9.17, 15) is 0 Å². The van der Waals surface area contributed by atoms with Gasteiger partial charge in [-0.05, 0) is 26.3 Å². The van der Waals surface area contributed by atoms with Crippen LogP contribution in [0.1, 0.15) is 30.4 Å². The predicted octanol–water partition coefficient (Wildman–Crippen LogP) is 1.19. The van der Waals surface area contributed by atoms with E-state index in [-0.39, 0.29) is 6.04 Å². The second-order valence-electron chi connectivity index (χ2n) is 4.02. The summed E-state index contributed by atoms with van der Waals surface area (Å²) < 4.78 is 5.24. The van der Waals surface area contributed by atoms with E-state index >= 15 is 0 Å². The Balaban J connectivity index is 1.90. The molecule has 2 aromatic heterocycles. The highest BCUT2D eigenvalue weighted by Gasteiger charge is 2.22. The van der Waals surface area contributed by atoms with Crippen LogP contribution in [0.3, 0.4) is 0 Å². The van der Waals surface area contributed by atoms with Crippen LogP contribution in [-0.2, 0) is 0 Å². The van der Waals surface area contributed by atoms with E-state index in [0.717, 1.165) is 30.0 Å². The van der Waals surface area contributed by atoms with Crippen molar-refractivity contribution in [3.05, 3.63) is 17.7 Å². The molecule has 1 unspecified atom stereocenters. The van der Waals surface area contributed by atoms with Gasteiger partial charge in [-0.15, -0.1) is 0 Å². The number of hydrogen-bond acceptors (Lipinski definition) is 5. The van der Waals surface area contributed by atoms with Crippen LogP contribution in [0.15, 0.2) is 10.7 Å². The van der Waals surface area contributed by atoms with Gasteiger partial charge in [-0.1, -0.05) is 5.16 Å². The summed E-state index contributed by atoms with van der Waals surface area (Å²) in [5, 5.41) is 14.1. The third kappa shape index (κ3) is 1.51. The predicted molar refractivity (Wildman–Crippen MR) is 56.6 cm³/mol. The van der Waals surface area contributed by atoms with Crippen LogP contribution >= 0.6 is 0 Å². The van der Waals surface area contributed by atoms with Crippen LogP contribution in [0.4, 0.5) is 0 Å². The van der Waals surface area contributed by atoms with Gasteiger partial charge in [-0.2, -0.15) is 10.1 Å². The molecule has 2 N–H and O–H groups in total. The van der Waals surface area contributed by atoms with Crippen LogP contribution in [0.2, 0.25) is 0 Å². The molecule has 1 aliphatic rings. The highest BCUT2D eigenvalue weighted by molar-refractivity contribution is 5.54. The Kier molecular flexibility index (Phi) is 2.21. The first-order valence-corrected chi connectivity index (χ1v) is 5.42. The van der Waals surface area contributed by atoms with Crippen molar-refractivity contribution in [2.24, 2.45) is 0 Å². The van der Waals surface area contributed by atoms with Crippen molar-refractivity contribution in [1.29, 1.82) is 0 Å². The maximum absolute atomic E-state index is 5.24. The fraction of sp³-hybridized carbons (Fsp3) is 0.500. The molecule has 0 aromatic carbocycles. The molecule has 16 heavy (non-hydrogen) atoms. The van der Waals surface area contributed by atoms with E-state index < -0.39 is 0 Å². The lowest BCUT2D eigenvalue weighted by Gasteiger charge is -2.01. The topological polar surface area (TPSA) is 79.6 Å². The molecule has 6 nitrogen and oxygen atoms in total. The lowest BCUT2D eigenvalue weighted by atomic mass is 10.2. The second-order valence-corrected chi connectivity index (χ2v) is 4.02. The van der Waals surface area contributed by atoms with Crippen molar-refractivity contribution in [2.75, 3.05) is 6.54 Å². The third-order valence-electron chi connectivity index (χ3n) is 2.87. The summed E-state index contributed by atoms with van der Waals surface area (Å²) in [6.07, 6.45) is 3.94. The molecule has 1 fully saturated rings. The fourth-order valence-corrected chi connectivity index (χ4v) is 1.96. The molecule has 84 valence electrons. The summed E-state index contributed by atoms with van der Waals surface area (Å²) in [6, 6.07) is 0.240. The van der Waals surface area contributed by atoms with E-state index in [4.69, 9.17) is 4.52 Å². The Labute approximate surface area is 92.4 Å². The van der Waals surface area contributed by atoms with E-state index in [0.29, 0.717) is 5.89 Å². The molecule has 0 bridgehead atoms. The lowest BCUT2D eigenvalue weighted by Crippen LogP contribution is -2.14. The van der Waals surface area contributed by atoms with Crippen molar-refractivity contribution >= 4 is 0 Å². The first kappa shape index (κ1) is 9.53. The number of hydrogen-bond donors (Lipinski definition) is 2. The van der Waals surface area contributed by atoms with Gasteiger partial charge in [-0.3, -0.25) is 5.10 Å². The quantitative estimate of drug-likeness (QED) is 0.793. The monoisotopic (exact) mass is 219 g/mol. The normalized spacial score (nSPS) is 20.4. The van der Waals surface area contributed by atoms with E-state index in [1.165, 1.54) is 6.42 Å². The number of aromatic amines is 1. The SMILES string of the molecule is Cc1[nH]ncc1-c1nc(C2CCCN2)no1. The molecule has 1 saturated heterocycles. The number of aryl methyl sites for hydroxylation is 1. The maximum atomic E-state index is 5.24. The summed E-state index contributed by atoms with van der Waals surface area (Å²) in [6.45, 7) is 2.96. The van der Waals surface area contributed by atoms with E-state index in [1.54, 1.807) is 6.20 Å². The Morgan fingerprint density at radius 2 is 2.44 bits per heavy atom. The van der Waals surface area contributed by atoms with Crippen LogP contribution in [0.5, 0.6) is 0 Å². The molecule has 1 atom stereocenters. The lowest BCUT2D eigenvalue weighted by molar-refractivity contribution is 0.412. The van der Waals surface area contributed by atoms with Crippen molar-refractivity contribution in [3.63, 3.8) is 0 Å². The Morgan fingerprint density at radius 3 is 3.12 bits per heavy atom. The minimum Gasteiger partial charge on any atom is -0.334 e. The summed E-state index contributed by atoms with van der Waals surface area (Å²) in [5.74, 6) is 1.28. The molecule has 3 rings (SSSR count). The van der Waals surface area contributed by atoms with Crippen LogP contribution in [-0.4, -0.2) is 26.9 Å². The molecule has 3 heterocycles. The smallest absolute Gasteiger partial charge is 0.261 e. The zero-order valence-corrected chi connectivity index (χ0v) is 9.03. The van der Waals surface area contributed by atoms with Crippen molar-refractivity contribution in [3.8, 4) is 11.5 Å². The molecular formula is C10H13N5O. The summed E-state index contributed by atoms with van der Waals surface area (Å²) in [4.78, 5) is 4.40. The Hall–Kier alpha value is -1.69. The van der Waals surface area contributed by atoms with Gasteiger partial charge in [0.25, 0.3) is 5.89 Å². The van der Waals surface area contributed by atoms with Gasteiger partial charge in [0.05, 0.1) is 17.8 Å². The van der Waals surface area contributed by atoms with Crippen LogP contribution in [0, 0.1) is 6.92 Å². The molecule has 1 aliphatic heterocycles. The molecule has 0 saturated carbocycles. The average molecular weight is 219 g/mol. The van der Waals surface area contributed by atoms with Gasteiger partial charge in [-0.25, -0.2) is 0 Å². The molecule has 0 amide bonds. The number of aromatic nitrogens is 4. The van der Waals surface area contributed by atoms with Crippen molar-refractivity contribution < 1.29 is 4.52 Å². The van der Waals surface area contributed by atoms with Crippen molar-refractivity contribution in [2.45, 2.75) is 25.8 Å². The third-order valence-corrected chi connectivity index (χ3v) is 2.87. The summed E-state index contributed by atoms with van der Waals surface area (Å²) >= 11 is 0. The number of H-pyrrole nitrogens is 1. The largest absolute Gasteiger partial charge is 0.334 e. The van der Waals surface area contributed by atoms with E-state index in [2.05, 4.69) is 25.7 Å². The Morgan fingerprint density at radius 1 is 1.50 bits per heavy atom. The fourth-order valence-electron chi connectivity index (χ4n) is 1.96.